The molecule has 1 aliphatic carbocycles. The van der Waals surface area contributed by atoms with Crippen LogP contribution < -0.4 is 0 Å². The summed E-state index contributed by atoms with van der Waals surface area (Å²) in [5.41, 5.74) is 1.46. The summed E-state index contributed by atoms with van der Waals surface area (Å²) in [6, 6.07) is 7.29. The predicted octanol–water partition coefficient (Wildman–Crippen LogP) is 2.62. The van der Waals surface area contributed by atoms with Crippen molar-refractivity contribution in [2.45, 2.75) is 19.8 Å². The monoisotopic (exact) mass is 214 g/mol. The van der Waals surface area contributed by atoms with Gasteiger partial charge in [-0.25, -0.2) is 4.79 Å². The van der Waals surface area contributed by atoms with Gasteiger partial charge in [0.05, 0.1) is 12.2 Å². The fourth-order valence-electron chi connectivity index (χ4n) is 1.35. The molecular weight excluding hydrogens is 200 g/mol. The van der Waals surface area contributed by atoms with E-state index in [2.05, 4.69) is 11.8 Å². The lowest BCUT2D eigenvalue weighted by atomic mass is 10.1. The highest BCUT2D eigenvalue weighted by Gasteiger charge is 2.17. The molecular formula is C14H14O2. The topological polar surface area (TPSA) is 26.3 Å². The lowest BCUT2D eigenvalue weighted by Crippen LogP contribution is -2.04. The second-order valence-corrected chi connectivity index (χ2v) is 3.84. The average Bonchev–Trinajstić information content (AvgIpc) is 3.11. The summed E-state index contributed by atoms with van der Waals surface area (Å²) in [6.45, 7) is 2.20. The first kappa shape index (κ1) is 10.8. The van der Waals surface area contributed by atoms with Gasteiger partial charge in [-0.3, -0.25) is 0 Å². The van der Waals surface area contributed by atoms with E-state index in [1.807, 2.05) is 12.1 Å². The van der Waals surface area contributed by atoms with E-state index in [1.165, 1.54) is 12.8 Å². The maximum absolute atomic E-state index is 11.5. The van der Waals surface area contributed by atoms with Crippen LogP contribution in [0.2, 0.25) is 0 Å². The second-order valence-electron chi connectivity index (χ2n) is 3.84. The Morgan fingerprint density at radius 2 is 2.31 bits per heavy atom. The van der Waals surface area contributed by atoms with Crippen LogP contribution in [0.4, 0.5) is 0 Å². The van der Waals surface area contributed by atoms with Crippen molar-refractivity contribution >= 4 is 5.97 Å². The molecule has 0 radical (unpaired) electrons. The normalized spacial score (nSPS) is 13.8. The number of carbonyl (C=O) groups excluding carboxylic acids is 1. The molecule has 0 N–H and O–H groups in total. The van der Waals surface area contributed by atoms with E-state index >= 15 is 0 Å². The fraction of sp³-hybridized carbons (Fsp3) is 0.357. The quantitative estimate of drug-likeness (QED) is 0.558. The van der Waals surface area contributed by atoms with E-state index in [1.54, 1.807) is 19.1 Å². The van der Waals surface area contributed by atoms with Crippen molar-refractivity contribution in [2.24, 2.45) is 5.92 Å². The fourth-order valence-corrected chi connectivity index (χ4v) is 1.35. The molecule has 0 spiro atoms. The maximum Gasteiger partial charge on any atom is 0.338 e. The van der Waals surface area contributed by atoms with E-state index in [0.717, 1.165) is 5.56 Å². The molecule has 0 amide bonds. The van der Waals surface area contributed by atoms with Crippen molar-refractivity contribution in [3.05, 3.63) is 35.4 Å². The highest BCUT2D eigenvalue weighted by Crippen LogP contribution is 2.27. The Bertz CT molecular complexity index is 447. The summed E-state index contributed by atoms with van der Waals surface area (Å²) in [6.07, 6.45) is 2.43. The first-order valence-corrected chi connectivity index (χ1v) is 5.58. The SMILES string of the molecule is CCOC(=O)c1cccc(C#CC2CC2)c1. The van der Waals surface area contributed by atoms with Gasteiger partial charge in [0, 0.05) is 11.5 Å². The van der Waals surface area contributed by atoms with Crippen LogP contribution in [0.5, 0.6) is 0 Å². The Kier molecular flexibility index (Phi) is 3.26. The molecule has 2 heteroatoms. The Morgan fingerprint density at radius 1 is 1.50 bits per heavy atom. The van der Waals surface area contributed by atoms with Gasteiger partial charge in [0.15, 0.2) is 0 Å². The second kappa shape index (κ2) is 4.85. The number of benzene rings is 1. The van der Waals surface area contributed by atoms with Crippen LogP contribution in [0.15, 0.2) is 24.3 Å². The van der Waals surface area contributed by atoms with Crippen LogP contribution in [0.25, 0.3) is 0 Å². The molecule has 2 rings (SSSR count). The van der Waals surface area contributed by atoms with E-state index < -0.39 is 0 Å². The van der Waals surface area contributed by atoms with Crippen LogP contribution in [0, 0.1) is 17.8 Å². The zero-order valence-corrected chi connectivity index (χ0v) is 9.32. The third-order valence-corrected chi connectivity index (χ3v) is 2.37. The molecule has 0 aromatic heterocycles. The number of ether oxygens (including phenoxy) is 1. The van der Waals surface area contributed by atoms with Gasteiger partial charge in [-0.2, -0.15) is 0 Å². The van der Waals surface area contributed by atoms with Crippen molar-refractivity contribution in [3.63, 3.8) is 0 Å². The zero-order valence-electron chi connectivity index (χ0n) is 9.32. The van der Waals surface area contributed by atoms with Crippen LogP contribution in [-0.2, 0) is 4.74 Å². The highest BCUT2D eigenvalue weighted by molar-refractivity contribution is 5.89. The average molecular weight is 214 g/mol. The number of hydrogen-bond acceptors (Lipinski definition) is 2. The summed E-state index contributed by atoms with van der Waals surface area (Å²) in [7, 11) is 0. The van der Waals surface area contributed by atoms with Crippen LogP contribution in [0.3, 0.4) is 0 Å². The largest absolute Gasteiger partial charge is 0.462 e. The van der Waals surface area contributed by atoms with Gasteiger partial charge < -0.3 is 4.74 Å². The Morgan fingerprint density at radius 3 is 3.00 bits per heavy atom. The Hall–Kier alpha value is -1.75. The molecule has 0 heterocycles. The highest BCUT2D eigenvalue weighted by atomic mass is 16.5. The molecule has 1 fully saturated rings. The summed E-state index contributed by atoms with van der Waals surface area (Å²) in [4.78, 5) is 11.5. The molecule has 0 bridgehead atoms. The molecule has 16 heavy (non-hydrogen) atoms. The Labute approximate surface area is 95.6 Å². The molecule has 1 aromatic carbocycles. The third kappa shape index (κ3) is 2.87. The maximum atomic E-state index is 11.5. The van der Waals surface area contributed by atoms with Gasteiger partial charge >= 0.3 is 5.97 Å². The van der Waals surface area contributed by atoms with Crippen LogP contribution >= 0.6 is 0 Å². The minimum absolute atomic E-state index is 0.280. The van der Waals surface area contributed by atoms with Crippen LogP contribution in [-0.4, -0.2) is 12.6 Å². The minimum atomic E-state index is -0.280. The lowest BCUT2D eigenvalue weighted by Gasteiger charge is -2.01. The number of hydrogen-bond donors (Lipinski definition) is 0. The molecule has 0 saturated heterocycles. The molecule has 82 valence electrons. The van der Waals surface area contributed by atoms with Gasteiger partial charge in [-0.15, -0.1) is 0 Å². The van der Waals surface area contributed by atoms with Crippen molar-refractivity contribution in [2.75, 3.05) is 6.61 Å². The minimum Gasteiger partial charge on any atom is -0.462 e. The smallest absolute Gasteiger partial charge is 0.338 e. The molecule has 0 aliphatic heterocycles. The molecule has 0 unspecified atom stereocenters. The van der Waals surface area contributed by atoms with E-state index in [-0.39, 0.29) is 5.97 Å². The van der Waals surface area contributed by atoms with Gasteiger partial charge in [-0.05, 0) is 38.0 Å². The summed E-state index contributed by atoms with van der Waals surface area (Å²) < 4.78 is 4.93. The first-order chi connectivity index (χ1) is 7.79. The molecule has 1 aliphatic rings. The van der Waals surface area contributed by atoms with Gasteiger partial charge in [0.25, 0.3) is 0 Å². The number of carbonyl (C=O) groups is 1. The molecule has 0 atom stereocenters. The van der Waals surface area contributed by atoms with Crippen molar-refractivity contribution in [1.82, 2.24) is 0 Å². The first-order valence-electron chi connectivity index (χ1n) is 5.58. The van der Waals surface area contributed by atoms with E-state index in [9.17, 15) is 4.79 Å². The standard InChI is InChI=1S/C14H14O2/c1-2-16-14(15)13-5-3-4-12(10-13)9-8-11-6-7-11/h3-5,10-11H,2,6-7H2,1H3. The van der Waals surface area contributed by atoms with Gasteiger partial charge in [-0.1, -0.05) is 17.9 Å². The van der Waals surface area contributed by atoms with Crippen molar-refractivity contribution in [1.29, 1.82) is 0 Å². The predicted molar refractivity (Wildman–Crippen MR) is 62.0 cm³/mol. The molecule has 1 saturated carbocycles. The lowest BCUT2D eigenvalue weighted by molar-refractivity contribution is 0.0526. The summed E-state index contributed by atoms with van der Waals surface area (Å²) >= 11 is 0. The van der Waals surface area contributed by atoms with Gasteiger partial charge in [0.1, 0.15) is 0 Å². The summed E-state index contributed by atoms with van der Waals surface area (Å²) in [5.74, 6) is 6.55. The third-order valence-electron chi connectivity index (χ3n) is 2.37. The van der Waals surface area contributed by atoms with Gasteiger partial charge in [0.2, 0.25) is 0 Å². The zero-order chi connectivity index (χ0) is 11.4. The number of esters is 1. The molecule has 2 nitrogen and oxygen atoms in total. The van der Waals surface area contributed by atoms with Crippen molar-refractivity contribution in [3.8, 4) is 11.8 Å². The Balaban J connectivity index is 2.13. The van der Waals surface area contributed by atoms with E-state index in [4.69, 9.17) is 4.74 Å². The molecule has 1 aromatic rings. The summed E-state index contributed by atoms with van der Waals surface area (Å²) in [5, 5.41) is 0. The number of rotatable bonds is 2. The van der Waals surface area contributed by atoms with Crippen molar-refractivity contribution < 1.29 is 9.53 Å². The van der Waals surface area contributed by atoms with E-state index in [0.29, 0.717) is 18.1 Å². The van der Waals surface area contributed by atoms with Crippen LogP contribution in [0.1, 0.15) is 35.7 Å².